The smallest absolute Gasteiger partial charge is 0.0782 e. The molecule has 1 aliphatic rings. The van der Waals surface area contributed by atoms with Gasteiger partial charge in [-0.15, -0.1) is 0 Å². The van der Waals surface area contributed by atoms with Crippen molar-refractivity contribution < 1.29 is 9.84 Å². The molecule has 3 nitrogen and oxygen atoms in total. The van der Waals surface area contributed by atoms with Gasteiger partial charge >= 0.3 is 0 Å². The van der Waals surface area contributed by atoms with E-state index in [0.29, 0.717) is 6.04 Å². The predicted molar refractivity (Wildman–Crippen MR) is 72.4 cm³/mol. The van der Waals surface area contributed by atoms with Crippen LogP contribution in [0.3, 0.4) is 0 Å². The lowest BCUT2D eigenvalue weighted by molar-refractivity contribution is 0.0984. The van der Waals surface area contributed by atoms with Gasteiger partial charge in [0.1, 0.15) is 0 Å². The first-order valence-corrected chi connectivity index (χ1v) is 6.71. The summed E-state index contributed by atoms with van der Waals surface area (Å²) in [6.45, 7) is 6.32. The minimum Gasteiger partial charge on any atom is -0.389 e. The van der Waals surface area contributed by atoms with Gasteiger partial charge in [0, 0.05) is 28.3 Å². The van der Waals surface area contributed by atoms with Crippen LogP contribution < -0.4 is 4.90 Å². The van der Waals surface area contributed by atoms with E-state index in [-0.39, 0.29) is 0 Å². The van der Waals surface area contributed by atoms with Crippen LogP contribution in [0.4, 0.5) is 5.69 Å². The lowest BCUT2D eigenvalue weighted by Gasteiger charge is -2.37. The number of aliphatic hydroxyl groups excluding tert-OH is 1. The third kappa shape index (κ3) is 2.81. The lowest BCUT2D eigenvalue weighted by Crippen LogP contribution is -2.44. The van der Waals surface area contributed by atoms with Gasteiger partial charge in [-0.3, -0.25) is 0 Å². The third-order valence-corrected chi connectivity index (χ3v) is 3.61. The largest absolute Gasteiger partial charge is 0.389 e. The number of aliphatic hydroxyl groups is 1. The molecule has 1 aromatic rings. The molecule has 1 aliphatic heterocycles. The predicted octanol–water partition coefficient (Wildman–Crippen LogP) is 2.73. The van der Waals surface area contributed by atoms with Crippen LogP contribution in [-0.2, 0) is 4.74 Å². The number of benzene rings is 1. The minimum absolute atomic E-state index is 0.349. The minimum atomic E-state index is -0.461. The molecule has 4 heteroatoms. The van der Waals surface area contributed by atoms with E-state index in [0.717, 1.165) is 35.5 Å². The Morgan fingerprint density at radius 3 is 2.94 bits per heavy atom. The summed E-state index contributed by atoms with van der Waals surface area (Å²) in [6, 6.07) is 6.42. The molecule has 0 bridgehead atoms. The molecule has 1 heterocycles. The lowest BCUT2D eigenvalue weighted by atomic mass is 10.1. The van der Waals surface area contributed by atoms with Crippen LogP contribution in [0.15, 0.2) is 22.7 Å². The normalized spacial score (nSPS) is 22.6. The second-order valence-corrected chi connectivity index (χ2v) is 5.41. The van der Waals surface area contributed by atoms with Gasteiger partial charge in [0.2, 0.25) is 0 Å². The molecule has 2 rings (SSSR count). The highest BCUT2D eigenvalue weighted by atomic mass is 79.9. The van der Waals surface area contributed by atoms with Crippen molar-refractivity contribution in [1.82, 2.24) is 0 Å². The Labute approximate surface area is 111 Å². The number of anilines is 1. The number of hydrogen-bond acceptors (Lipinski definition) is 3. The quantitative estimate of drug-likeness (QED) is 0.911. The zero-order chi connectivity index (χ0) is 12.4. The van der Waals surface area contributed by atoms with Crippen LogP contribution in [0.5, 0.6) is 0 Å². The van der Waals surface area contributed by atoms with Crippen LogP contribution in [0, 0.1) is 0 Å². The molecule has 1 N–H and O–H groups in total. The first-order valence-electron chi connectivity index (χ1n) is 5.91. The van der Waals surface area contributed by atoms with Gasteiger partial charge in [0.05, 0.1) is 19.3 Å². The molecular formula is C13H18BrNO2. The van der Waals surface area contributed by atoms with Crippen molar-refractivity contribution in [3.05, 3.63) is 28.2 Å². The molecule has 0 aliphatic carbocycles. The third-order valence-electron chi connectivity index (χ3n) is 3.12. The number of ether oxygens (including phenoxy) is 1. The van der Waals surface area contributed by atoms with Gasteiger partial charge in [-0.1, -0.05) is 15.9 Å². The molecule has 0 amide bonds. The van der Waals surface area contributed by atoms with Gasteiger partial charge in [-0.05, 0) is 32.0 Å². The Hall–Kier alpha value is -0.580. The zero-order valence-electron chi connectivity index (χ0n) is 10.2. The highest BCUT2D eigenvalue weighted by Gasteiger charge is 2.22. The Balaban J connectivity index is 2.36. The molecular weight excluding hydrogens is 282 g/mol. The van der Waals surface area contributed by atoms with Crippen molar-refractivity contribution >= 4 is 21.6 Å². The number of morpholine rings is 1. The molecule has 94 valence electrons. The summed E-state index contributed by atoms with van der Waals surface area (Å²) >= 11 is 3.45. The Morgan fingerprint density at radius 1 is 1.53 bits per heavy atom. The van der Waals surface area contributed by atoms with E-state index in [1.54, 1.807) is 6.92 Å². The van der Waals surface area contributed by atoms with Gasteiger partial charge in [-0.2, -0.15) is 0 Å². The molecule has 2 unspecified atom stereocenters. The summed E-state index contributed by atoms with van der Waals surface area (Å²) in [5.74, 6) is 0. The van der Waals surface area contributed by atoms with Gasteiger partial charge in [0.15, 0.2) is 0 Å². The fourth-order valence-corrected chi connectivity index (χ4v) is 2.59. The monoisotopic (exact) mass is 299 g/mol. The molecule has 1 fully saturated rings. The van der Waals surface area contributed by atoms with Gasteiger partial charge in [-0.25, -0.2) is 0 Å². The fourth-order valence-electron chi connectivity index (χ4n) is 2.21. The second-order valence-electron chi connectivity index (χ2n) is 4.50. The molecule has 1 saturated heterocycles. The summed E-state index contributed by atoms with van der Waals surface area (Å²) < 4.78 is 6.44. The summed E-state index contributed by atoms with van der Waals surface area (Å²) in [5.41, 5.74) is 2.08. The first kappa shape index (κ1) is 12.9. The highest BCUT2D eigenvalue weighted by molar-refractivity contribution is 9.10. The summed E-state index contributed by atoms with van der Waals surface area (Å²) in [5, 5.41) is 9.87. The second kappa shape index (κ2) is 5.38. The van der Waals surface area contributed by atoms with Crippen LogP contribution in [0.25, 0.3) is 0 Å². The average Bonchev–Trinajstić information content (AvgIpc) is 2.30. The Kier molecular flexibility index (Phi) is 4.07. The van der Waals surface area contributed by atoms with Crippen molar-refractivity contribution in [3.8, 4) is 0 Å². The maximum atomic E-state index is 9.87. The molecule has 0 spiro atoms. The van der Waals surface area contributed by atoms with Crippen LogP contribution >= 0.6 is 15.9 Å². The summed E-state index contributed by atoms with van der Waals surface area (Å²) in [6.07, 6.45) is -0.461. The van der Waals surface area contributed by atoms with Crippen LogP contribution in [0.1, 0.15) is 25.5 Å². The molecule has 0 saturated carbocycles. The highest BCUT2D eigenvalue weighted by Crippen LogP contribution is 2.31. The van der Waals surface area contributed by atoms with Crippen LogP contribution in [0.2, 0.25) is 0 Å². The SMILES string of the molecule is CC(O)c1cc(Br)ccc1N1CCOCC1C. The molecule has 2 atom stereocenters. The van der Waals surface area contributed by atoms with Gasteiger partial charge < -0.3 is 14.7 Å². The Bertz CT molecular complexity index is 395. The zero-order valence-corrected chi connectivity index (χ0v) is 11.8. The van der Waals surface area contributed by atoms with Crippen molar-refractivity contribution in [2.75, 3.05) is 24.7 Å². The maximum Gasteiger partial charge on any atom is 0.0782 e. The van der Waals surface area contributed by atoms with E-state index in [9.17, 15) is 5.11 Å². The molecule has 17 heavy (non-hydrogen) atoms. The van der Waals surface area contributed by atoms with E-state index in [2.05, 4.69) is 33.8 Å². The van der Waals surface area contributed by atoms with E-state index < -0.39 is 6.10 Å². The van der Waals surface area contributed by atoms with E-state index in [1.807, 2.05) is 12.1 Å². The number of hydrogen-bond donors (Lipinski definition) is 1. The first-order chi connectivity index (χ1) is 8.09. The van der Waals surface area contributed by atoms with E-state index in [1.165, 1.54) is 0 Å². The van der Waals surface area contributed by atoms with Crippen LogP contribution in [-0.4, -0.2) is 30.9 Å². The van der Waals surface area contributed by atoms with E-state index in [4.69, 9.17) is 4.74 Å². The van der Waals surface area contributed by atoms with Crippen molar-refractivity contribution in [3.63, 3.8) is 0 Å². The summed E-state index contributed by atoms with van der Waals surface area (Å²) in [7, 11) is 0. The number of nitrogens with zero attached hydrogens (tertiary/aromatic N) is 1. The molecule has 0 radical (unpaired) electrons. The van der Waals surface area contributed by atoms with E-state index >= 15 is 0 Å². The van der Waals surface area contributed by atoms with Crippen molar-refractivity contribution in [2.24, 2.45) is 0 Å². The Morgan fingerprint density at radius 2 is 2.29 bits per heavy atom. The topological polar surface area (TPSA) is 32.7 Å². The standard InChI is InChI=1S/C13H18BrNO2/c1-9-8-17-6-5-15(9)13-4-3-11(14)7-12(13)10(2)16/h3-4,7,9-10,16H,5-6,8H2,1-2H3. The van der Waals surface area contributed by atoms with Gasteiger partial charge in [0.25, 0.3) is 0 Å². The maximum absolute atomic E-state index is 9.87. The molecule has 1 aromatic carbocycles. The fraction of sp³-hybridized carbons (Fsp3) is 0.538. The van der Waals surface area contributed by atoms with Crippen molar-refractivity contribution in [2.45, 2.75) is 26.0 Å². The number of halogens is 1. The molecule has 0 aromatic heterocycles. The average molecular weight is 300 g/mol. The van der Waals surface area contributed by atoms with Crippen molar-refractivity contribution in [1.29, 1.82) is 0 Å². The number of rotatable bonds is 2. The summed E-state index contributed by atoms with van der Waals surface area (Å²) in [4.78, 5) is 2.30.